The normalized spacial score (nSPS) is 27.6. The zero-order valence-electron chi connectivity index (χ0n) is 10.3. The Morgan fingerprint density at radius 3 is 2.19 bits per heavy atom. The van der Waals surface area contributed by atoms with Crippen molar-refractivity contribution in [2.45, 2.75) is 38.5 Å². The average molecular weight is 259 g/mol. The van der Waals surface area contributed by atoms with Gasteiger partial charge < -0.3 is 4.90 Å². The molecular formula is C13H25NS2. The third-order valence-corrected chi connectivity index (χ3v) is 5.78. The highest BCUT2D eigenvalue weighted by molar-refractivity contribution is 7.99. The molecule has 1 nitrogen and oxygen atoms in total. The van der Waals surface area contributed by atoms with E-state index in [4.69, 9.17) is 0 Å². The molecule has 0 amide bonds. The smallest absolute Gasteiger partial charge is 0.00729 e. The standard InChI is InChI=1S/C13H25NS2/c15-12-13(5-3-1-2-4-6-13)11-14-7-9-16-10-8-14/h15H,1-12H2. The molecule has 1 aliphatic carbocycles. The molecule has 1 heterocycles. The Balaban J connectivity index is 1.90. The second-order valence-corrected chi connectivity index (χ2v) is 7.00. The van der Waals surface area contributed by atoms with Crippen molar-refractivity contribution in [3.63, 3.8) is 0 Å². The number of nitrogens with zero attached hydrogens (tertiary/aromatic N) is 1. The maximum absolute atomic E-state index is 4.66. The minimum atomic E-state index is 0.543. The predicted octanol–water partition coefficient (Wildman–Crippen LogP) is 3.31. The molecule has 2 rings (SSSR count). The monoisotopic (exact) mass is 259 g/mol. The van der Waals surface area contributed by atoms with Crippen LogP contribution in [-0.4, -0.2) is 41.8 Å². The van der Waals surface area contributed by atoms with Gasteiger partial charge in [0.05, 0.1) is 0 Å². The third-order valence-electron chi connectivity index (χ3n) is 4.16. The van der Waals surface area contributed by atoms with Gasteiger partial charge in [-0.05, 0) is 24.0 Å². The summed E-state index contributed by atoms with van der Waals surface area (Å²) in [5.74, 6) is 3.77. The molecule has 1 aliphatic heterocycles. The minimum Gasteiger partial charge on any atom is -0.301 e. The van der Waals surface area contributed by atoms with Crippen molar-refractivity contribution in [2.24, 2.45) is 5.41 Å². The molecular weight excluding hydrogens is 234 g/mol. The van der Waals surface area contributed by atoms with Crippen molar-refractivity contribution in [3.05, 3.63) is 0 Å². The predicted molar refractivity (Wildman–Crippen MR) is 77.8 cm³/mol. The lowest BCUT2D eigenvalue weighted by atomic mass is 9.81. The van der Waals surface area contributed by atoms with Gasteiger partial charge in [0.2, 0.25) is 0 Å². The largest absolute Gasteiger partial charge is 0.301 e. The summed E-state index contributed by atoms with van der Waals surface area (Å²) in [5, 5.41) is 0. The molecule has 0 N–H and O–H groups in total. The van der Waals surface area contributed by atoms with Crippen molar-refractivity contribution in [3.8, 4) is 0 Å². The lowest BCUT2D eigenvalue weighted by Crippen LogP contribution is -2.42. The fraction of sp³-hybridized carbons (Fsp3) is 1.00. The Hall–Kier alpha value is 0.660. The molecule has 0 aromatic rings. The summed E-state index contributed by atoms with van der Waals surface area (Å²) in [6, 6.07) is 0. The number of hydrogen-bond acceptors (Lipinski definition) is 3. The fourth-order valence-corrected chi connectivity index (χ4v) is 4.47. The number of rotatable bonds is 3. The van der Waals surface area contributed by atoms with Crippen LogP contribution in [0.4, 0.5) is 0 Å². The van der Waals surface area contributed by atoms with E-state index in [0.717, 1.165) is 5.75 Å². The molecule has 1 saturated heterocycles. The quantitative estimate of drug-likeness (QED) is 0.612. The summed E-state index contributed by atoms with van der Waals surface area (Å²) in [6.07, 6.45) is 8.60. The maximum atomic E-state index is 4.66. The van der Waals surface area contributed by atoms with Crippen LogP contribution in [0.5, 0.6) is 0 Å². The Bertz CT molecular complexity index is 194. The highest BCUT2D eigenvalue weighted by Crippen LogP contribution is 2.37. The van der Waals surface area contributed by atoms with Crippen LogP contribution in [0.25, 0.3) is 0 Å². The first-order chi connectivity index (χ1) is 7.85. The van der Waals surface area contributed by atoms with Crippen molar-refractivity contribution < 1.29 is 0 Å². The Morgan fingerprint density at radius 2 is 1.62 bits per heavy atom. The number of thiol groups is 1. The topological polar surface area (TPSA) is 3.24 Å². The van der Waals surface area contributed by atoms with Crippen LogP contribution in [-0.2, 0) is 0 Å². The van der Waals surface area contributed by atoms with Gasteiger partial charge in [-0.2, -0.15) is 24.4 Å². The van der Waals surface area contributed by atoms with Gasteiger partial charge in [0.25, 0.3) is 0 Å². The SMILES string of the molecule is SCC1(CN2CCSCC2)CCCCCC1. The van der Waals surface area contributed by atoms with Gasteiger partial charge in [0.1, 0.15) is 0 Å². The summed E-state index contributed by atoms with van der Waals surface area (Å²) in [6.45, 7) is 3.93. The van der Waals surface area contributed by atoms with Crippen LogP contribution >= 0.6 is 24.4 Å². The first-order valence-electron chi connectivity index (χ1n) is 6.76. The van der Waals surface area contributed by atoms with Gasteiger partial charge in [0.15, 0.2) is 0 Å². The molecule has 2 aliphatic rings. The Kier molecular flexibility index (Phi) is 5.37. The second kappa shape index (κ2) is 6.55. The molecule has 0 atom stereocenters. The Labute approximate surface area is 110 Å². The van der Waals surface area contributed by atoms with E-state index in [1.54, 1.807) is 0 Å². The molecule has 0 radical (unpaired) electrons. The van der Waals surface area contributed by atoms with Gasteiger partial charge in [-0.25, -0.2) is 0 Å². The number of hydrogen-bond donors (Lipinski definition) is 1. The highest BCUT2D eigenvalue weighted by atomic mass is 32.2. The Morgan fingerprint density at radius 1 is 1.00 bits per heavy atom. The van der Waals surface area contributed by atoms with E-state index < -0.39 is 0 Å². The van der Waals surface area contributed by atoms with Gasteiger partial charge in [-0.3, -0.25) is 0 Å². The van der Waals surface area contributed by atoms with Crippen LogP contribution in [0.15, 0.2) is 0 Å². The highest BCUT2D eigenvalue weighted by Gasteiger charge is 2.31. The molecule has 0 spiro atoms. The van der Waals surface area contributed by atoms with E-state index in [2.05, 4.69) is 29.3 Å². The van der Waals surface area contributed by atoms with Crippen molar-refractivity contribution in [1.82, 2.24) is 4.90 Å². The summed E-state index contributed by atoms with van der Waals surface area (Å²) < 4.78 is 0. The van der Waals surface area contributed by atoms with Crippen molar-refractivity contribution >= 4 is 24.4 Å². The summed E-state index contributed by atoms with van der Waals surface area (Å²) >= 11 is 6.78. The lowest BCUT2D eigenvalue weighted by Gasteiger charge is -2.38. The molecule has 1 saturated carbocycles. The maximum Gasteiger partial charge on any atom is 0.00729 e. The van der Waals surface area contributed by atoms with E-state index in [0.29, 0.717) is 5.41 Å². The van der Waals surface area contributed by atoms with E-state index in [1.807, 2.05) is 0 Å². The van der Waals surface area contributed by atoms with Gasteiger partial charge in [-0.1, -0.05) is 25.7 Å². The van der Waals surface area contributed by atoms with Crippen LogP contribution in [0.2, 0.25) is 0 Å². The molecule has 0 bridgehead atoms. The van der Waals surface area contributed by atoms with Crippen molar-refractivity contribution in [1.29, 1.82) is 0 Å². The summed E-state index contributed by atoms with van der Waals surface area (Å²) in [7, 11) is 0. The zero-order valence-corrected chi connectivity index (χ0v) is 12.0. The van der Waals surface area contributed by atoms with E-state index >= 15 is 0 Å². The fourth-order valence-electron chi connectivity index (χ4n) is 3.08. The first-order valence-corrected chi connectivity index (χ1v) is 8.54. The molecule has 16 heavy (non-hydrogen) atoms. The molecule has 94 valence electrons. The van der Waals surface area contributed by atoms with E-state index in [1.165, 1.54) is 69.7 Å². The van der Waals surface area contributed by atoms with Gasteiger partial charge >= 0.3 is 0 Å². The second-order valence-electron chi connectivity index (χ2n) is 5.46. The number of thioether (sulfide) groups is 1. The van der Waals surface area contributed by atoms with Crippen LogP contribution in [0.3, 0.4) is 0 Å². The molecule has 0 aromatic heterocycles. The van der Waals surface area contributed by atoms with Crippen LogP contribution in [0, 0.1) is 5.41 Å². The van der Waals surface area contributed by atoms with E-state index in [9.17, 15) is 0 Å². The minimum absolute atomic E-state index is 0.543. The third kappa shape index (κ3) is 3.58. The molecule has 0 aromatic carbocycles. The van der Waals surface area contributed by atoms with E-state index in [-0.39, 0.29) is 0 Å². The van der Waals surface area contributed by atoms with Gasteiger partial charge in [-0.15, -0.1) is 0 Å². The van der Waals surface area contributed by atoms with Crippen LogP contribution in [0.1, 0.15) is 38.5 Å². The molecule has 3 heteroatoms. The van der Waals surface area contributed by atoms with Crippen molar-refractivity contribution in [2.75, 3.05) is 36.9 Å². The molecule has 0 unspecified atom stereocenters. The average Bonchev–Trinajstić information content (AvgIpc) is 2.57. The zero-order chi connectivity index (χ0) is 11.3. The van der Waals surface area contributed by atoms with Crippen LogP contribution < -0.4 is 0 Å². The van der Waals surface area contributed by atoms with Gasteiger partial charge in [0, 0.05) is 31.1 Å². The lowest BCUT2D eigenvalue weighted by molar-refractivity contribution is 0.161. The first kappa shape index (κ1) is 13.1. The summed E-state index contributed by atoms with van der Waals surface area (Å²) in [5.41, 5.74) is 0.543. The molecule has 2 fully saturated rings. The summed E-state index contributed by atoms with van der Waals surface area (Å²) in [4.78, 5) is 2.69.